The van der Waals surface area contributed by atoms with Gasteiger partial charge in [0.05, 0.1) is 0 Å². The molecule has 0 N–H and O–H groups in total. The first-order valence-electron chi connectivity index (χ1n) is 4.62. The third-order valence-electron chi connectivity index (χ3n) is 1.26. The van der Waals surface area contributed by atoms with Crippen LogP contribution in [0.3, 0.4) is 0 Å². The maximum atomic E-state index is 4.49. The summed E-state index contributed by atoms with van der Waals surface area (Å²) in [6, 6.07) is 1.50. The number of unbranched alkanes of at least 4 members (excludes halogenated alkanes) is 1. The average Bonchev–Trinajstić information content (AvgIpc) is 2.02. The van der Waals surface area contributed by atoms with Gasteiger partial charge in [0.2, 0.25) is 0 Å². The summed E-state index contributed by atoms with van der Waals surface area (Å²) in [6.45, 7) is 12.6. The molecule has 1 atom stereocenters. The van der Waals surface area contributed by atoms with Gasteiger partial charge in [-0.1, -0.05) is 58.0 Å². The zero-order valence-corrected chi connectivity index (χ0v) is 11.7. The summed E-state index contributed by atoms with van der Waals surface area (Å²) < 4.78 is 0. The Kier molecular flexibility index (Phi) is 23.0. The van der Waals surface area contributed by atoms with Crippen LogP contribution in [0, 0.1) is 12.8 Å². The first kappa shape index (κ1) is 19.5. The second-order valence-corrected chi connectivity index (χ2v) is 6.61. The molecule has 1 unspecified atom stereocenters. The minimum absolute atomic E-state index is 0. The molecule has 0 aromatic carbocycles. The maximum absolute atomic E-state index is 4.49. The van der Waals surface area contributed by atoms with Crippen molar-refractivity contribution in [2.45, 2.75) is 45.8 Å². The minimum atomic E-state index is 0. The molecular formula is C10H22LiSSi. The van der Waals surface area contributed by atoms with E-state index in [0.29, 0.717) is 5.92 Å². The van der Waals surface area contributed by atoms with Gasteiger partial charge in [-0.2, -0.15) is 0 Å². The van der Waals surface area contributed by atoms with Gasteiger partial charge in [-0.25, -0.2) is 0 Å². The number of thiocarbonyl (C=S) groups is 1. The molecule has 1 radical (unpaired) electrons. The van der Waals surface area contributed by atoms with Gasteiger partial charge in [0.15, 0.2) is 0 Å². The van der Waals surface area contributed by atoms with Crippen molar-refractivity contribution in [1.82, 2.24) is 0 Å². The summed E-state index contributed by atoms with van der Waals surface area (Å²) in [5.41, 5.74) is 0. The maximum Gasteiger partial charge on any atom is 1.00 e. The Morgan fingerprint density at radius 1 is 1.46 bits per heavy atom. The third kappa shape index (κ3) is 32.2. The van der Waals surface area contributed by atoms with E-state index in [4.69, 9.17) is 0 Å². The molecular weight excluding hydrogens is 187 g/mol. The molecule has 13 heavy (non-hydrogen) atoms. The molecule has 0 aliphatic carbocycles. The molecule has 0 amide bonds. The second kappa shape index (κ2) is 15.4. The Morgan fingerprint density at radius 2 is 1.85 bits per heavy atom. The van der Waals surface area contributed by atoms with Crippen molar-refractivity contribution in [3.05, 3.63) is 6.92 Å². The standard InChI is InChI=1S/C6H15Si.C4H7S.Li/c1-4-5-6-7(2)3;1-4(2)3-5;/h4-6H2,1-3H3;3-4H,1H2,2H3;/q;-1;+1. The van der Waals surface area contributed by atoms with E-state index < -0.39 is 0 Å². The Hall–Kier alpha value is 0.904. The van der Waals surface area contributed by atoms with Crippen LogP contribution in [0.15, 0.2) is 0 Å². The van der Waals surface area contributed by atoms with Gasteiger partial charge >= 0.3 is 18.9 Å². The Morgan fingerprint density at radius 3 is 1.92 bits per heavy atom. The van der Waals surface area contributed by atoms with Crippen LogP contribution in [0.2, 0.25) is 19.1 Å². The topological polar surface area (TPSA) is 0 Å². The molecule has 0 rings (SSSR count). The van der Waals surface area contributed by atoms with Gasteiger partial charge in [-0.3, -0.25) is 0 Å². The summed E-state index contributed by atoms with van der Waals surface area (Å²) in [6.07, 6.45) is 2.82. The van der Waals surface area contributed by atoms with E-state index >= 15 is 0 Å². The van der Waals surface area contributed by atoms with E-state index in [9.17, 15) is 0 Å². The van der Waals surface area contributed by atoms with Crippen LogP contribution in [0.4, 0.5) is 0 Å². The van der Waals surface area contributed by atoms with Crippen molar-refractivity contribution in [3.8, 4) is 0 Å². The first-order valence-corrected chi connectivity index (χ1v) is 7.79. The zero-order valence-electron chi connectivity index (χ0n) is 9.89. The van der Waals surface area contributed by atoms with Crippen LogP contribution in [0.1, 0.15) is 26.7 Å². The Labute approximate surface area is 104 Å². The van der Waals surface area contributed by atoms with E-state index in [1.165, 1.54) is 18.9 Å². The van der Waals surface area contributed by atoms with E-state index in [1.54, 1.807) is 5.37 Å². The predicted molar refractivity (Wildman–Crippen MR) is 65.4 cm³/mol. The van der Waals surface area contributed by atoms with E-state index in [1.807, 2.05) is 6.92 Å². The molecule has 0 saturated carbocycles. The van der Waals surface area contributed by atoms with Crippen molar-refractivity contribution in [1.29, 1.82) is 0 Å². The molecule has 0 aromatic heterocycles. The predicted octanol–water partition coefficient (Wildman–Crippen LogP) is 1.00. The minimum Gasteiger partial charge on any atom is -0.336 e. The summed E-state index contributed by atoms with van der Waals surface area (Å²) >= 11 is 4.49. The van der Waals surface area contributed by atoms with Crippen LogP contribution in [-0.4, -0.2) is 14.2 Å². The van der Waals surface area contributed by atoms with Gasteiger partial charge in [0.1, 0.15) is 0 Å². The quantitative estimate of drug-likeness (QED) is 0.378. The summed E-state index contributed by atoms with van der Waals surface area (Å²) in [4.78, 5) is 0. The van der Waals surface area contributed by atoms with E-state index in [-0.39, 0.29) is 27.7 Å². The van der Waals surface area contributed by atoms with Gasteiger partial charge in [-0.05, 0) is 5.37 Å². The van der Waals surface area contributed by atoms with E-state index in [0.717, 1.165) is 0 Å². The first-order chi connectivity index (χ1) is 5.54. The fraction of sp³-hybridized carbons (Fsp3) is 0.800. The Bertz CT molecular complexity index is 94.9. The zero-order chi connectivity index (χ0) is 9.98. The molecule has 73 valence electrons. The Balaban J connectivity index is -0.000000150. The largest absolute Gasteiger partial charge is 1.00 e. The summed E-state index contributed by atoms with van der Waals surface area (Å²) in [7, 11) is 0.103. The number of hydrogen-bond acceptors (Lipinski definition) is 1. The van der Waals surface area contributed by atoms with Gasteiger partial charge in [0.25, 0.3) is 0 Å². The van der Waals surface area contributed by atoms with Crippen LogP contribution in [-0.2, 0) is 0 Å². The fourth-order valence-corrected chi connectivity index (χ4v) is 1.59. The molecule has 0 saturated heterocycles. The molecule has 0 spiro atoms. The summed E-state index contributed by atoms with van der Waals surface area (Å²) in [5.74, 6) is 0.324. The molecule has 0 heterocycles. The molecule has 0 nitrogen and oxygen atoms in total. The van der Waals surface area contributed by atoms with Crippen molar-refractivity contribution < 1.29 is 18.9 Å². The monoisotopic (exact) mass is 209 g/mol. The molecule has 0 bridgehead atoms. The SMILES string of the molecule is CCCC[Si](C)C.[CH2-]C(C)C=S.[Li+]. The van der Waals surface area contributed by atoms with Crippen molar-refractivity contribution in [2.75, 3.05) is 0 Å². The molecule has 0 aliphatic heterocycles. The van der Waals surface area contributed by atoms with Crippen molar-refractivity contribution in [2.24, 2.45) is 5.92 Å². The normalized spacial score (nSPS) is 10.9. The molecule has 0 fully saturated rings. The van der Waals surface area contributed by atoms with Crippen LogP contribution in [0.5, 0.6) is 0 Å². The average molecular weight is 209 g/mol. The van der Waals surface area contributed by atoms with Crippen molar-refractivity contribution in [3.63, 3.8) is 0 Å². The van der Waals surface area contributed by atoms with Gasteiger partial charge in [-0.15, -0.1) is 5.92 Å². The van der Waals surface area contributed by atoms with E-state index in [2.05, 4.69) is 39.2 Å². The van der Waals surface area contributed by atoms with Crippen LogP contribution < -0.4 is 18.9 Å². The van der Waals surface area contributed by atoms with Gasteiger partial charge < -0.3 is 6.92 Å². The third-order valence-corrected chi connectivity index (χ3v) is 3.08. The van der Waals surface area contributed by atoms with Crippen molar-refractivity contribution >= 4 is 26.4 Å². The van der Waals surface area contributed by atoms with Gasteiger partial charge in [0, 0.05) is 8.80 Å². The smallest absolute Gasteiger partial charge is 0.336 e. The molecule has 0 aliphatic rings. The van der Waals surface area contributed by atoms with Crippen LogP contribution >= 0.6 is 12.2 Å². The number of hydrogen-bond donors (Lipinski definition) is 0. The molecule has 0 aromatic rings. The molecule has 3 heteroatoms. The summed E-state index contributed by atoms with van der Waals surface area (Å²) in [5, 5.41) is 1.64. The second-order valence-electron chi connectivity index (χ2n) is 3.42. The van der Waals surface area contributed by atoms with Crippen LogP contribution in [0.25, 0.3) is 0 Å². The number of rotatable bonds is 4. The fourth-order valence-electron chi connectivity index (χ4n) is 0.530.